The van der Waals surface area contributed by atoms with Crippen molar-refractivity contribution in [2.75, 3.05) is 26.2 Å². The van der Waals surface area contributed by atoms with E-state index in [1.54, 1.807) is 4.90 Å². The summed E-state index contributed by atoms with van der Waals surface area (Å²) in [5.74, 6) is 1.84. The van der Waals surface area contributed by atoms with E-state index in [0.29, 0.717) is 63.7 Å². The van der Waals surface area contributed by atoms with E-state index in [-0.39, 0.29) is 30.6 Å². The summed E-state index contributed by atoms with van der Waals surface area (Å²) in [6.07, 6.45) is 4.01. The third kappa shape index (κ3) is 7.80. The highest BCUT2D eigenvalue weighted by Crippen LogP contribution is 2.23. The number of aromatic nitrogens is 3. The van der Waals surface area contributed by atoms with Gasteiger partial charge in [0.2, 0.25) is 17.7 Å². The van der Waals surface area contributed by atoms with E-state index >= 15 is 0 Å². The third-order valence-corrected chi connectivity index (χ3v) is 8.19. The summed E-state index contributed by atoms with van der Waals surface area (Å²) in [5.41, 5.74) is 1.97. The van der Waals surface area contributed by atoms with Gasteiger partial charge in [0.25, 0.3) is 0 Å². The molecule has 1 N–H and O–H groups in total. The van der Waals surface area contributed by atoms with E-state index in [0.717, 1.165) is 29.7 Å². The fourth-order valence-electron chi connectivity index (χ4n) is 6.02. The van der Waals surface area contributed by atoms with Gasteiger partial charge in [0, 0.05) is 26.1 Å². The molecule has 0 saturated carbocycles. The van der Waals surface area contributed by atoms with Crippen LogP contribution < -0.4 is 10.1 Å². The molecular weight excluding hydrogens is 544 g/mol. The first-order valence-corrected chi connectivity index (χ1v) is 15.5. The molecule has 3 heterocycles. The largest absolute Gasteiger partial charge is 0.494 e. The van der Waals surface area contributed by atoms with Gasteiger partial charge in [0.1, 0.15) is 23.4 Å². The third-order valence-electron chi connectivity index (χ3n) is 8.19. The Kier molecular flexibility index (Phi) is 10.1. The van der Waals surface area contributed by atoms with E-state index in [9.17, 15) is 14.4 Å². The average Bonchev–Trinajstić information content (AvgIpc) is 3.39. The summed E-state index contributed by atoms with van der Waals surface area (Å²) in [7, 11) is 0. The van der Waals surface area contributed by atoms with Gasteiger partial charge in [0.05, 0.1) is 25.6 Å². The van der Waals surface area contributed by atoms with Gasteiger partial charge in [-0.05, 0) is 69.2 Å². The molecule has 3 aromatic rings. The number of amides is 3. The van der Waals surface area contributed by atoms with Crippen molar-refractivity contribution in [3.05, 3.63) is 77.4 Å². The number of nitrogens with one attached hydrogen (secondary N) is 1. The summed E-state index contributed by atoms with van der Waals surface area (Å²) < 4.78 is 7.37. The molecule has 5 rings (SSSR count). The van der Waals surface area contributed by atoms with Crippen molar-refractivity contribution in [2.45, 2.75) is 77.4 Å². The van der Waals surface area contributed by atoms with Crippen molar-refractivity contribution in [3.8, 4) is 5.75 Å². The number of benzene rings is 2. The van der Waals surface area contributed by atoms with Gasteiger partial charge < -0.3 is 19.9 Å². The Balaban J connectivity index is 1.42. The van der Waals surface area contributed by atoms with Crippen LogP contribution >= 0.6 is 0 Å². The van der Waals surface area contributed by atoms with E-state index in [4.69, 9.17) is 9.72 Å². The van der Waals surface area contributed by atoms with Gasteiger partial charge in [-0.1, -0.05) is 42.5 Å². The molecule has 1 aromatic heterocycles. The zero-order valence-corrected chi connectivity index (χ0v) is 25.2. The van der Waals surface area contributed by atoms with Gasteiger partial charge in [-0.25, -0.2) is 9.67 Å². The van der Waals surface area contributed by atoms with Crippen LogP contribution in [-0.4, -0.2) is 74.6 Å². The first-order chi connectivity index (χ1) is 20.9. The number of rotatable bonds is 6. The van der Waals surface area contributed by atoms with Crippen molar-refractivity contribution in [1.82, 2.24) is 29.9 Å². The SMILES string of the molecule is CCOc1ccc(CC(=O)N2CCCC(=O)N3CCCC[C@H]3C(=O)N[C@H](Cc3ccccc3)c3nc(C)nn3CC2)cc1. The van der Waals surface area contributed by atoms with Crippen LogP contribution in [0.2, 0.25) is 0 Å². The van der Waals surface area contributed by atoms with Gasteiger partial charge in [-0.2, -0.15) is 5.10 Å². The van der Waals surface area contributed by atoms with Crippen LogP contribution in [0.1, 0.15) is 67.8 Å². The van der Waals surface area contributed by atoms with Gasteiger partial charge in [-0.15, -0.1) is 0 Å². The van der Waals surface area contributed by atoms with Crippen LogP contribution in [0.5, 0.6) is 5.75 Å². The minimum atomic E-state index is -0.516. The monoisotopic (exact) mass is 586 g/mol. The van der Waals surface area contributed by atoms with Crippen molar-refractivity contribution in [1.29, 1.82) is 0 Å². The van der Waals surface area contributed by atoms with Crippen LogP contribution in [0.3, 0.4) is 0 Å². The van der Waals surface area contributed by atoms with Gasteiger partial charge in [-0.3, -0.25) is 14.4 Å². The number of hydrogen-bond donors (Lipinski definition) is 1. The number of carbonyl (C=O) groups is 3. The Morgan fingerprint density at radius 2 is 1.74 bits per heavy atom. The molecule has 1 saturated heterocycles. The van der Waals surface area contributed by atoms with Crippen LogP contribution in [0.15, 0.2) is 54.6 Å². The predicted octanol–water partition coefficient (Wildman–Crippen LogP) is 3.63. The van der Waals surface area contributed by atoms with Gasteiger partial charge >= 0.3 is 0 Å². The molecule has 0 spiro atoms. The molecule has 0 unspecified atom stereocenters. The highest BCUT2D eigenvalue weighted by molar-refractivity contribution is 5.88. The minimum Gasteiger partial charge on any atom is -0.494 e. The maximum atomic E-state index is 13.7. The maximum Gasteiger partial charge on any atom is 0.243 e. The van der Waals surface area contributed by atoms with E-state index in [2.05, 4.69) is 10.4 Å². The molecule has 2 aliphatic rings. The molecule has 43 heavy (non-hydrogen) atoms. The highest BCUT2D eigenvalue weighted by Gasteiger charge is 2.34. The Labute approximate surface area is 253 Å². The normalized spacial score (nSPS) is 20.0. The lowest BCUT2D eigenvalue weighted by atomic mass is 9.99. The van der Waals surface area contributed by atoms with E-state index in [1.165, 1.54) is 0 Å². The zero-order chi connectivity index (χ0) is 30.2. The number of piperidine rings is 1. The second-order valence-electron chi connectivity index (χ2n) is 11.3. The number of aryl methyl sites for hydroxylation is 1. The summed E-state index contributed by atoms with van der Waals surface area (Å²) in [5, 5.41) is 7.92. The summed E-state index contributed by atoms with van der Waals surface area (Å²) in [4.78, 5) is 49.0. The van der Waals surface area contributed by atoms with Crippen molar-refractivity contribution < 1.29 is 19.1 Å². The Morgan fingerprint density at radius 1 is 0.953 bits per heavy atom. The minimum absolute atomic E-state index is 0.00734. The number of nitrogens with zero attached hydrogens (tertiary/aromatic N) is 5. The van der Waals surface area contributed by atoms with Crippen molar-refractivity contribution in [2.24, 2.45) is 0 Å². The van der Waals surface area contributed by atoms with Crippen LogP contribution in [0.4, 0.5) is 0 Å². The van der Waals surface area contributed by atoms with Gasteiger partial charge in [0.15, 0.2) is 0 Å². The second kappa shape index (κ2) is 14.3. The van der Waals surface area contributed by atoms with E-state index < -0.39 is 12.1 Å². The average molecular weight is 587 g/mol. The van der Waals surface area contributed by atoms with E-state index in [1.807, 2.05) is 78.0 Å². The molecule has 10 nitrogen and oxygen atoms in total. The standard InChI is InChI=1S/C33H42N6O4/c1-3-43-27-16-14-26(15-17-27)23-31(41)37-18-9-13-30(40)38-19-8-7-12-29(38)33(42)35-28(22-25-10-5-4-6-11-25)32-34-24(2)36-39(32)21-20-37/h4-6,10-11,14-17,28-29H,3,7-9,12-13,18-23H2,1-2H3,(H,35,42)/t28-,29+/m1/s1. The van der Waals surface area contributed by atoms with Crippen molar-refractivity contribution >= 4 is 17.7 Å². The number of hydrogen-bond acceptors (Lipinski definition) is 6. The molecule has 0 radical (unpaired) electrons. The molecule has 0 bridgehead atoms. The first-order valence-electron chi connectivity index (χ1n) is 15.5. The zero-order valence-electron chi connectivity index (χ0n) is 25.2. The molecule has 2 aliphatic heterocycles. The molecule has 1 fully saturated rings. The van der Waals surface area contributed by atoms with Crippen LogP contribution in [0, 0.1) is 6.92 Å². The number of carbonyl (C=O) groups excluding carboxylic acids is 3. The highest BCUT2D eigenvalue weighted by atomic mass is 16.5. The molecule has 2 atom stereocenters. The molecule has 2 aromatic carbocycles. The molecular formula is C33H42N6O4. The lowest BCUT2D eigenvalue weighted by Crippen LogP contribution is -2.53. The lowest BCUT2D eigenvalue weighted by molar-refractivity contribution is -0.143. The number of ether oxygens (including phenoxy) is 1. The summed E-state index contributed by atoms with van der Waals surface area (Å²) in [6, 6.07) is 16.6. The maximum absolute atomic E-state index is 13.7. The number of fused-ring (bicyclic) bond motifs is 2. The Bertz CT molecular complexity index is 1390. The summed E-state index contributed by atoms with van der Waals surface area (Å²) >= 11 is 0. The fraction of sp³-hybridized carbons (Fsp3) is 0.485. The quantitative estimate of drug-likeness (QED) is 0.473. The molecule has 3 amide bonds. The topological polar surface area (TPSA) is 110 Å². The summed E-state index contributed by atoms with van der Waals surface area (Å²) in [6.45, 7) is 6.22. The molecule has 10 heteroatoms. The second-order valence-corrected chi connectivity index (χ2v) is 11.3. The van der Waals surface area contributed by atoms with Crippen LogP contribution in [-0.2, 0) is 33.8 Å². The predicted molar refractivity (Wildman–Crippen MR) is 162 cm³/mol. The van der Waals surface area contributed by atoms with Crippen LogP contribution in [0.25, 0.3) is 0 Å². The first kappa shape index (κ1) is 30.3. The molecule has 228 valence electrons. The fourth-order valence-corrected chi connectivity index (χ4v) is 6.02. The lowest BCUT2D eigenvalue weighted by Gasteiger charge is -2.36. The molecule has 0 aliphatic carbocycles. The van der Waals surface area contributed by atoms with Crippen molar-refractivity contribution in [3.63, 3.8) is 0 Å². The smallest absolute Gasteiger partial charge is 0.243 e. The Morgan fingerprint density at radius 3 is 2.51 bits per heavy atom. The Hall–Kier alpha value is -4.21.